The number of hydrogen-bond acceptors (Lipinski definition) is 5. The zero-order valence-corrected chi connectivity index (χ0v) is 11.5. The van der Waals surface area contributed by atoms with Gasteiger partial charge in [0.05, 0.1) is 23.0 Å². The van der Waals surface area contributed by atoms with Crippen LogP contribution < -0.4 is 21.5 Å². The topological polar surface area (TPSA) is 82.3 Å². The standard InChI is InChI=1S/C11H13ClN4O2S/c12-7-3-1-2-4-8(7)14-10(18)6-19-11-15-9(17)5-13-16-11/h1-4,11,13,16H,5-6H2,(H,14,18)(H,15,17). The summed E-state index contributed by atoms with van der Waals surface area (Å²) in [6.45, 7) is 0.225. The number of anilines is 1. The summed E-state index contributed by atoms with van der Waals surface area (Å²) in [6.07, 6.45) is 0. The molecule has 0 spiro atoms. The number of halogens is 1. The molecule has 6 nitrogen and oxygen atoms in total. The number of amides is 2. The number of thioether (sulfide) groups is 1. The van der Waals surface area contributed by atoms with Crippen molar-refractivity contribution in [2.75, 3.05) is 17.6 Å². The first kappa shape index (κ1) is 14.1. The summed E-state index contributed by atoms with van der Waals surface area (Å²) in [4.78, 5) is 22.8. The maximum atomic E-state index is 11.7. The maximum Gasteiger partial charge on any atom is 0.237 e. The first-order chi connectivity index (χ1) is 9.15. The highest BCUT2D eigenvalue weighted by molar-refractivity contribution is 8.00. The van der Waals surface area contributed by atoms with Crippen LogP contribution in [0.15, 0.2) is 24.3 Å². The minimum atomic E-state index is -0.321. The van der Waals surface area contributed by atoms with Gasteiger partial charge in [0.2, 0.25) is 11.8 Å². The molecule has 0 saturated carbocycles. The molecule has 4 N–H and O–H groups in total. The largest absolute Gasteiger partial charge is 0.330 e. The van der Waals surface area contributed by atoms with E-state index in [1.54, 1.807) is 24.3 Å². The van der Waals surface area contributed by atoms with E-state index in [1.165, 1.54) is 11.8 Å². The Morgan fingerprint density at radius 1 is 1.47 bits per heavy atom. The number of carbonyl (C=O) groups excluding carboxylic acids is 2. The fourth-order valence-electron chi connectivity index (χ4n) is 1.45. The van der Waals surface area contributed by atoms with E-state index in [0.717, 1.165) is 0 Å². The van der Waals surface area contributed by atoms with Crippen LogP contribution in [0.5, 0.6) is 0 Å². The Labute approximate surface area is 119 Å². The van der Waals surface area contributed by atoms with Gasteiger partial charge in [0.15, 0.2) is 0 Å². The van der Waals surface area contributed by atoms with Crippen molar-refractivity contribution in [2.24, 2.45) is 0 Å². The quantitative estimate of drug-likeness (QED) is 0.652. The van der Waals surface area contributed by atoms with E-state index < -0.39 is 0 Å². The van der Waals surface area contributed by atoms with Crippen LogP contribution >= 0.6 is 23.4 Å². The Bertz CT molecular complexity index is 486. The monoisotopic (exact) mass is 300 g/mol. The molecule has 0 aliphatic carbocycles. The highest BCUT2D eigenvalue weighted by Gasteiger charge is 2.18. The van der Waals surface area contributed by atoms with E-state index in [1.807, 2.05) is 0 Å². The molecule has 0 aromatic heterocycles. The Morgan fingerprint density at radius 2 is 2.26 bits per heavy atom. The van der Waals surface area contributed by atoms with Crippen molar-refractivity contribution in [1.82, 2.24) is 16.2 Å². The normalized spacial score (nSPS) is 18.8. The lowest BCUT2D eigenvalue weighted by molar-refractivity contribution is -0.122. The van der Waals surface area contributed by atoms with Crippen molar-refractivity contribution in [3.8, 4) is 0 Å². The van der Waals surface area contributed by atoms with Crippen LogP contribution in [0.25, 0.3) is 0 Å². The summed E-state index contributed by atoms with van der Waals surface area (Å²) in [7, 11) is 0. The number of rotatable bonds is 4. The zero-order chi connectivity index (χ0) is 13.7. The fourth-order valence-corrected chi connectivity index (χ4v) is 2.40. The van der Waals surface area contributed by atoms with Crippen LogP contribution in [0.1, 0.15) is 0 Å². The van der Waals surface area contributed by atoms with Crippen molar-refractivity contribution >= 4 is 40.9 Å². The molecule has 1 aromatic rings. The summed E-state index contributed by atoms with van der Waals surface area (Å²) >= 11 is 7.21. The van der Waals surface area contributed by atoms with E-state index >= 15 is 0 Å². The Kier molecular flexibility index (Phi) is 5.03. The van der Waals surface area contributed by atoms with Crippen LogP contribution in [-0.4, -0.2) is 29.6 Å². The predicted octanol–water partition coefficient (Wildman–Crippen LogP) is 0.519. The van der Waals surface area contributed by atoms with E-state index in [9.17, 15) is 9.59 Å². The lowest BCUT2D eigenvalue weighted by atomic mass is 10.3. The molecule has 1 unspecified atom stereocenters. The van der Waals surface area contributed by atoms with Crippen molar-refractivity contribution < 1.29 is 9.59 Å². The van der Waals surface area contributed by atoms with Gasteiger partial charge in [0, 0.05) is 0 Å². The number of carbonyl (C=O) groups is 2. The van der Waals surface area contributed by atoms with Gasteiger partial charge in [-0.15, -0.1) is 11.8 Å². The van der Waals surface area contributed by atoms with Gasteiger partial charge in [0.25, 0.3) is 0 Å². The van der Waals surface area contributed by atoms with Gasteiger partial charge in [0.1, 0.15) is 5.50 Å². The van der Waals surface area contributed by atoms with Crippen LogP contribution in [-0.2, 0) is 9.59 Å². The Balaban J connectivity index is 1.78. The molecule has 19 heavy (non-hydrogen) atoms. The van der Waals surface area contributed by atoms with Gasteiger partial charge in [-0.05, 0) is 12.1 Å². The summed E-state index contributed by atoms with van der Waals surface area (Å²) in [5, 5.41) is 5.89. The Hall–Kier alpha value is -1.28. The second-order valence-corrected chi connectivity index (χ2v) is 5.29. The average molecular weight is 301 g/mol. The molecule has 0 bridgehead atoms. The molecule has 1 fully saturated rings. The molecule has 1 aliphatic rings. The van der Waals surface area contributed by atoms with Crippen molar-refractivity contribution in [1.29, 1.82) is 0 Å². The smallest absolute Gasteiger partial charge is 0.237 e. The van der Waals surface area contributed by atoms with Crippen molar-refractivity contribution in [3.63, 3.8) is 0 Å². The van der Waals surface area contributed by atoms with Crippen molar-refractivity contribution in [2.45, 2.75) is 5.50 Å². The molecule has 1 aromatic carbocycles. The molecule has 0 radical (unpaired) electrons. The van der Waals surface area contributed by atoms with Gasteiger partial charge < -0.3 is 10.6 Å². The van der Waals surface area contributed by atoms with Crippen molar-refractivity contribution in [3.05, 3.63) is 29.3 Å². The lowest BCUT2D eigenvalue weighted by Gasteiger charge is -2.24. The minimum Gasteiger partial charge on any atom is -0.330 e. The van der Waals surface area contributed by atoms with Gasteiger partial charge in [-0.1, -0.05) is 23.7 Å². The SMILES string of the molecule is O=C(CSC1NNCC(=O)N1)Nc1ccccc1Cl. The molecule has 1 heterocycles. The maximum absolute atomic E-state index is 11.7. The van der Waals surface area contributed by atoms with Gasteiger partial charge in [-0.2, -0.15) is 0 Å². The van der Waals surface area contributed by atoms with E-state index in [2.05, 4.69) is 21.5 Å². The van der Waals surface area contributed by atoms with Gasteiger partial charge in [-0.25, -0.2) is 10.9 Å². The zero-order valence-electron chi connectivity index (χ0n) is 9.90. The third-order valence-corrected chi connectivity index (χ3v) is 3.63. The molecule has 2 amide bonds. The second kappa shape index (κ2) is 6.76. The molecule has 1 aliphatic heterocycles. The Morgan fingerprint density at radius 3 is 3.00 bits per heavy atom. The van der Waals surface area contributed by atoms with Crippen LogP contribution in [0.4, 0.5) is 5.69 Å². The minimum absolute atomic E-state index is 0.109. The van der Waals surface area contributed by atoms with Gasteiger partial charge >= 0.3 is 0 Å². The number of para-hydroxylation sites is 1. The third-order valence-electron chi connectivity index (χ3n) is 2.30. The fraction of sp³-hybridized carbons (Fsp3) is 0.273. The number of nitrogens with one attached hydrogen (secondary N) is 4. The lowest BCUT2D eigenvalue weighted by Crippen LogP contribution is -2.58. The van der Waals surface area contributed by atoms with Crippen LogP contribution in [0.3, 0.4) is 0 Å². The summed E-state index contributed by atoms with van der Waals surface area (Å²) < 4.78 is 0. The number of benzene rings is 1. The highest BCUT2D eigenvalue weighted by Crippen LogP contribution is 2.20. The van der Waals surface area contributed by atoms with Gasteiger partial charge in [-0.3, -0.25) is 9.59 Å². The molecular formula is C11H13ClN4O2S. The second-order valence-electron chi connectivity index (χ2n) is 3.78. The third kappa shape index (κ3) is 4.39. The first-order valence-electron chi connectivity index (χ1n) is 5.59. The summed E-state index contributed by atoms with van der Waals surface area (Å²) in [5.41, 5.74) is 5.84. The summed E-state index contributed by atoms with van der Waals surface area (Å²) in [6, 6.07) is 7.02. The molecule has 8 heteroatoms. The molecule has 102 valence electrons. The van der Waals surface area contributed by atoms with Crippen LogP contribution in [0, 0.1) is 0 Å². The molecular weight excluding hydrogens is 288 g/mol. The van der Waals surface area contributed by atoms with E-state index in [4.69, 9.17) is 11.6 Å². The summed E-state index contributed by atoms with van der Waals surface area (Å²) in [5.74, 6) is -0.0901. The molecule has 2 rings (SSSR count). The number of hydrogen-bond donors (Lipinski definition) is 4. The van der Waals surface area contributed by atoms with E-state index in [0.29, 0.717) is 10.7 Å². The molecule has 1 saturated heterocycles. The highest BCUT2D eigenvalue weighted by atomic mass is 35.5. The first-order valence-corrected chi connectivity index (χ1v) is 7.01. The average Bonchev–Trinajstić information content (AvgIpc) is 2.39. The predicted molar refractivity (Wildman–Crippen MR) is 75.6 cm³/mol. The van der Waals surface area contributed by atoms with Crippen LogP contribution in [0.2, 0.25) is 5.02 Å². The molecule has 1 atom stereocenters. The van der Waals surface area contributed by atoms with E-state index in [-0.39, 0.29) is 29.6 Å². The number of hydrazine groups is 1.